The van der Waals surface area contributed by atoms with Crippen LogP contribution < -0.4 is 4.72 Å². The Kier molecular flexibility index (Phi) is 4.66. The lowest BCUT2D eigenvalue weighted by molar-refractivity contribution is -0.0712. The van der Waals surface area contributed by atoms with Crippen molar-refractivity contribution in [2.75, 3.05) is 0 Å². The van der Waals surface area contributed by atoms with Crippen LogP contribution in [0.15, 0.2) is 29.2 Å². The molecule has 4 fully saturated rings. The maximum absolute atomic E-state index is 13.0. The first kappa shape index (κ1) is 17.8. The van der Waals surface area contributed by atoms with Crippen molar-refractivity contribution in [2.45, 2.75) is 69.2 Å². The zero-order chi connectivity index (χ0) is 17.7. The third-order valence-electron chi connectivity index (χ3n) is 6.82. The Bertz CT molecular complexity index is 693. The van der Waals surface area contributed by atoms with Crippen molar-refractivity contribution in [1.82, 2.24) is 4.72 Å². The normalized spacial score (nSPS) is 35.0. The van der Waals surface area contributed by atoms with Crippen molar-refractivity contribution in [3.63, 3.8) is 0 Å². The highest BCUT2D eigenvalue weighted by atomic mass is 35.5. The van der Waals surface area contributed by atoms with Crippen LogP contribution in [0.2, 0.25) is 5.02 Å². The van der Waals surface area contributed by atoms with Gasteiger partial charge in [0.25, 0.3) is 0 Å². The Morgan fingerprint density at radius 2 is 1.60 bits per heavy atom. The van der Waals surface area contributed by atoms with Gasteiger partial charge < -0.3 is 0 Å². The number of hydrogen-bond donors (Lipinski definition) is 1. The van der Waals surface area contributed by atoms with Gasteiger partial charge in [-0.1, -0.05) is 24.9 Å². The molecule has 1 aromatic carbocycles. The van der Waals surface area contributed by atoms with Gasteiger partial charge in [-0.2, -0.15) is 0 Å². The van der Waals surface area contributed by atoms with E-state index in [1.807, 2.05) is 0 Å². The molecule has 0 saturated heterocycles. The van der Waals surface area contributed by atoms with E-state index in [9.17, 15) is 8.42 Å². The molecule has 0 spiro atoms. The lowest BCUT2D eigenvalue weighted by Crippen LogP contribution is -2.56. The van der Waals surface area contributed by atoms with Crippen LogP contribution in [0, 0.1) is 23.2 Å². The summed E-state index contributed by atoms with van der Waals surface area (Å²) in [6.07, 6.45) is 9.72. The summed E-state index contributed by atoms with van der Waals surface area (Å²) in [5.41, 5.74) is 0.185. The molecule has 0 amide bonds. The first-order valence-corrected chi connectivity index (χ1v) is 11.5. The summed E-state index contributed by atoms with van der Waals surface area (Å²) in [5, 5.41) is 0.560. The molecule has 3 nitrogen and oxygen atoms in total. The van der Waals surface area contributed by atoms with Gasteiger partial charge in [0.05, 0.1) is 4.90 Å². The molecule has 4 aliphatic rings. The van der Waals surface area contributed by atoms with E-state index in [1.54, 1.807) is 24.3 Å². The first-order valence-electron chi connectivity index (χ1n) is 9.68. The Morgan fingerprint density at radius 3 is 2.08 bits per heavy atom. The van der Waals surface area contributed by atoms with E-state index in [4.69, 9.17) is 11.6 Å². The van der Waals surface area contributed by atoms with Crippen LogP contribution >= 0.6 is 11.6 Å². The largest absolute Gasteiger partial charge is 0.240 e. The number of benzene rings is 1. The van der Waals surface area contributed by atoms with Crippen LogP contribution in [0.4, 0.5) is 0 Å². The number of halogens is 1. The molecule has 1 unspecified atom stereocenters. The van der Waals surface area contributed by atoms with E-state index in [0.29, 0.717) is 9.92 Å². The zero-order valence-corrected chi connectivity index (χ0v) is 16.5. The average molecular weight is 382 g/mol. The predicted molar refractivity (Wildman–Crippen MR) is 101 cm³/mol. The molecular formula is C20H28ClNO2S. The van der Waals surface area contributed by atoms with E-state index >= 15 is 0 Å². The molecule has 4 bridgehead atoms. The third-order valence-corrected chi connectivity index (χ3v) is 8.56. The van der Waals surface area contributed by atoms with Gasteiger partial charge in [-0.05, 0) is 92.4 Å². The number of nitrogens with one attached hydrogen (secondary N) is 1. The molecular weight excluding hydrogens is 354 g/mol. The van der Waals surface area contributed by atoms with Gasteiger partial charge >= 0.3 is 0 Å². The fraction of sp³-hybridized carbons (Fsp3) is 0.700. The van der Waals surface area contributed by atoms with Crippen LogP contribution in [0.1, 0.15) is 58.3 Å². The summed E-state index contributed by atoms with van der Waals surface area (Å²) >= 11 is 5.91. The summed E-state index contributed by atoms with van der Waals surface area (Å²) in [7, 11) is -3.50. The minimum atomic E-state index is -3.50. The highest BCUT2D eigenvalue weighted by Crippen LogP contribution is 2.61. The van der Waals surface area contributed by atoms with Crippen molar-refractivity contribution in [1.29, 1.82) is 0 Å². The molecule has 1 aromatic rings. The lowest BCUT2D eigenvalue weighted by Gasteiger charge is -2.59. The SMILES string of the molecule is CCCC(NS(=O)(=O)c1ccc(Cl)cc1)C12CC3CC(CC(C3)C1)C2. The van der Waals surface area contributed by atoms with Crippen molar-refractivity contribution in [3.8, 4) is 0 Å². The Balaban J connectivity index is 1.60. The highest BCUT2D eigenvalue weighted by Gasteiger charge is 2.54. The molecule has 0 heterocycles. The van der Waals surface area contributed by atoms with Crippen molar-refractivity contribution >= 4 is 21.6 Å². The molecule has 1 N–H and O–H groups in total. The van der Waals surface area contributed by atoms with Crippen LogP contribution in [-0.2, 0) is 10.0 Å². The third kappa shape index (κ3) is 3.38. The Labute approximate surface area is 156 Å². The maximum atomic E-state index is 13.0. The molecule has 5 heteroatoms. The van der Waals surface area contributed by atoms with Gasteiger partial charge in [-0.25, -0.2) is 13.1 Å². The van der Waals surface area contributed by atoms with Gasteiger partial charge in [-0.15, -0.1) is 0 Å². The molecule has 0 aliphatic heterocycles. The van der Waals surface area contributed by atoms with E-state index in [1.165, 1.54) is 38.5 Å². The van der Waals surface area contributed by atoms with Crippen LogP contribution in [-0.4, -0.2) is 14.5 Å². The molecule has 4 aliphatic carbocycles. The topological polar surface area (TPSA) is 46.2 Å². The number of sulfonamides is 1. The van der Waals surface area contributed by atoms with Gasteiger partial charge in [-0.3, -0.25) is 0 Å². The molecule has 4 saturated carbocycles. The van der Waals surface area contributed by atoms with Gasteiger partial charge in [0.1, 0.15) is 0 Å². The van der Waals surface area contributed by atoms with Crippen LogP contribution in [0.5, 0.6) is 0 Å². The van der Waals surface area contributed by atoms with Gasteiger partial charge in [0, 0.05) is 11.1 Å². The number of hydrogen-bond acceptors (Lipinski definition) is 2. The second-order valence-electron chi connectivity index (χ2n) is 8.70. The molecule has 0 radical (unpaired) electrons. The Morgan fingerprint density at radius 1 is 1.08 bits per heavy atom. The van der Waals surface area contributed by atoms with E-state index < -0.39 is 10.0 Å². The summed E-state index contributed by atoms with van der Waals surface area (Å²) in [5.74, 6) is 2.47. The van der Waals surface area contributed by atoms with E-state index in [2.05, 4.69) is 11.6 Å². The predicted octanol–water partition coefficient (Wildman–Crippen LogP) is 5.00. The van der Waals surface area contributed by atoms with Crippen molar-refractivity contribution in [2.24, 2.45) is 23.2 Å². The van der Waals surface area contributed by atoms with Crippen molar-refractivity contribution in [3.05, 3.63) is 29.3 Å². The average Bonchev–Trinajstić information content (AvgIpc) is 2.53. The van der Waals surface area contributed by atoms with E-state index in [-0.39, 0.29) is 11.5 Å². The summed E-state index contributed by atoms with van der Waals surface area (Å²) in [6.45, 7) is 2.16. The van der Waals surface area contributed by atoms with Gasteiger partial charge in [0.2, 0.25) is 10.0 Å². The fourth-order valence-corrected chi connectivity index (χ4v) is 7.75. The zero-order valence-electron chi connectivity index (χ0n) is 14.9. The molecule has 0 aromatic heterocycles. The minimum Gasteiger partial charge on any atom is -0.208 e. The molecule has 5 rings (SSSR count). The standard InChI is InChI=1S/C20H28ClNO2S/c1-2-3-19(22-25(23,24)18-6-4-17(21)5-7-18)20-11-14-8-15(12-20)10-16(9-14)13-20/h4-7,14-16,19,22H,2-3,8-13H2,1H3. The molecule has 25 heavy (non-hydrogen) atoms. The van der Waals surface area contributed by atoms with Gasteiger partial charge in [0.15, 0.2) is 0 Å². The van der Waals surface area contributed by atoms with Crippen molar-refractivity contribution < 1.29 is 8.42 Å². The highest BCUT2D eigenvalue weighted by molar-refractivity contribution is 7.89. The minimum absolute atomic E-state index is 0.0616. The summed E-state index contributed by atoms with van der Waals surface area (Å²) < 4.78 is 29.1. The second-order valence-corrected chi connectivity index (χ2v) is 10.8. The molecule has 1 atom stereocenters. The lowest BCUT2D eigenvalue weighted by atomic mass is 9.47. The van der Waals surface area contributed by atoms with E-state index in [0.717, 1.165) is 30.6 Å². The van der Waals surface area contributed by atoms with Crippen LogP contribution in [0.25, 0.3) is 0 Å². The quantitative estimate of drug-likeness (QED) is 0.753. The van der Waals surface area contributed by atoms with Crippen LogP contribution in [0.3, 0.4) is 0 Å². The summed E-state index contributed by atoms with van der Waals surface area (Å²) in [6, 6.07) is 6.57. The first-order chi connectivity index (χ1) is 11.9. The fourth-order valence-electron chi connectivity index (χ4n) is 6.25. The number of rotatable bonds is 6. The summed E-state index contributed by atoms with van der Waals surface area (Å²) in [4.78, 5) is 0.322. The monoisotopic (exact) mass is 381 g/mol. The second kappa shape index (κ2) is 6.54. The maximum Gasteiger partial charge on any atom is 0.240 e. The Hall–Kier alpha value is -0.580. The smallest absolute Gasteiger partial charge is 0.208 e. The molecule has 138 valence electrons.